The van der Waals surface area contributed by atoms with Crippen molar-refractivity contribution in [1.82, 2.24) is 10.2 Å². The van der Waals surface area contributed by atoms with Crippen molar-refractivity contribution in [3.63, 3.8) is 0 Å². The second-order valence-electron chi connectivity index (χ2n) is 7.52. The van der Waals surface area contributed by atoms with E-state index in [9.17, 15) is 14.4 Å². The first kappa shape index (κ1) is 22.5. The molecule has 1 aliphatic carbocycles. The van der Waals surface area contributed by atoms with E-state index in [2.05, 4.69) is 29.6 Å². The smallest absolute Gasteiger partial charge is 0.407 e. The van der Waals surface area contributed by atoms with Gasteiger partial charge in [-0.25, -0.2) is 9.59 Å². The molecule has 2 aromatic rings. The Bertz CT molecular complexity index is 970. The molecule has 32 heavy (non-hydrogen) atoms. The Labute approximate surface area is 194 Å². The minimum Gasteiger partial charge on any atom is -0.480 e. The highest BCUT2D eigenvalue weighted by Crippen LogP contribution is 2.44. The highest BCUT2D eigenvalue weighted by Gasteiger charge is 2.34. The summed E-state index contributed by atoms with van der Waals surface area (Å²) in [5.41, 5.74) is 4.69. The summed E-state index contributed by atoms with van der Waals surface area (Å²) in [6.45, 7) is 0.625. The third kappa shape index (κ3) is 4.88. The molecule has 2 aromatic carbocycles. The number of carbonyl (C=O) groups excluding carboxylic acids is 2. The Kier molecular flexibility index (Phi) is 7.26. The molecule has 0 spiro atoms. The first-order valence-electron chi connectivity index (χ1n) is 10.3. The summed E-state index contributed by atoms with van der Waals surface area (Å²) >= 11 is 2.81. The van der Waals surface area contributed by atoms with Crippen LogP contribution in [-0.4, -0.2) is 70.3 Å². The number of hydrogen-bond acceptors (Lipinski definition) is 6. The molecular formula is C23H24N2O5S2. The van der Waals surface area contributed by atoms with Gasteiger partial charge in [-0.2, -0.15) is 11.8 Å². The van der Waals surface area contributed by atoms with Crippen LogP contribution >= 0.6 is 23.5 Å². The summed E-state index contributed by atoms with van der Waals surface area (Å²) in [7, 11) is 0. The van der Waals surface area contributed by atoms with Crippen LogP contribution in [-0.2, 0) is 14.3 Å². The predicted octanol–water partition coefficient (Wildman–Crippen LogP) is 3.24. The van der Waals surface area contributed by atoms with E-state index >= 15 is 0 Å². The Balaban J connectivity index is 1.19. The average Bonchev–Trinajstić information content (AvgIpc) is 3.41. The monoisotopic (exact) mass is 472 g/mol. The maximum atomic E-state index is 12.2. The fourth-order valence-corrected chi connectivity index (χ4v) is 5.91. The first-order chi connectivity index (χ1) is 15.6. The van der Waals surface area contributed by atoms with Crippen molar-refractivity contribution < 1.29 is 24.2 Å². The lowest BCUT2D eigenvalue weighted by molar-refractivity contribution is -0.146. The summed E-state index contributed by atoms with van der Waals surface area (Å²) in [6, 6.07) is 15.6. The van der Waals surface area contributed by atoms with Gasteiger partial charge in [-0.15, -0.1) is 11.8 Å². The number of carbonyl (C=O) groups is 3. The number of thioether (sulfide) groups is 2. The molecule has 0 radical (unpaired) electrons. The summed E-state index contributed by atoms with van der Waals surface area (Å²) < 4.78 is 5.49. The highest BCUT2D eigenvalue weighted by atomic mass is 32.2. The summed E-state index contributed by atoms with van der Waals surface area (Å²) in [6.07, 6.45) is -0.485. The Morgan fingerprint density at radius 1 is 1.09 bits per heavy atom. The topological polar surface area (TPSA) is 95.9 Å². The number of aliphatic carboxylic acids is 1. The largest absolute Gasteiger partial charge is 0.480 e. The van der Waals surface area contributed by atoms with Crippen molar-refractivity contribution in [3.05, 3.63) is 59.7 Å². The molecule has 1 fully saturated rings. The number of nitrogens with zero attached hydrogens (tertiary/aromatic N) is 1. The number of fused-ring (bicyclic) bond motifs is 3. The van der Waals surface area contributed by atoms with Crippen molar-refractivity contribution in [2.45, 2.75) is 12.0 Å². The van der Waals surface area contributed by atoms with E-state index in [0.29, 0.717) is 23.9 Å². The first-order valence-corrected chi connectivity index (χ1v) is 12.6. The van der Waals surface area contributed by atoms with Gasteiger partial charge in [-0.3, -0.25) is 4.79 Å². The highest BCUT2D eigenvalue weighted by molar-refractivity contribution is 8.00. The predicted molar refractivity (Wildman–Crippen MR) is 126 cm³/mol. The summed E-state index contributed by atoms with van der Waals surface area (Å²) in [4.78, 5) is 37.0. The molecule has 168 valence electrons. The van der Waals surface area contributed by atoms with Crippen LogP contribution < -0.4 is 5.32 Å². The number of alkyl carbamates (subject to hydrolysis) is 1. The summed E-state index contributed by atoms with van der Waals surface area (Å²) in [5.74, 6) is 0.425. The van der Waals surface area contributed by atoms with Crippen molar-refractivity contribution in [2.75, 3.05) is 36.3 Å². The Morgan fingerprint density at radius 2 is 1.75 bits per heavy atom. The molecule has 2 aliphatic rings. The molecule has 0 saturated carbocycles. The number of nitrogens with one attached hydrogen (secondary N) is 1. The second-order valence-corrected chi connectivity index (χ2v) is 9.63. The van der Waals surface area contributed by atoms with Crippen LogP contribution in [0.25, 0.3) is 11.1 Å². The second kappa shape index (κ2) is 10.3. The minimum atomic E-state index is -0.967. The number of rotatable bonds is 8. The molecule has 7 nitrogen and oxygen atoms in total. The molecule has 2 N–H and O–H groups in total. The van der Waals surface area contributed by atoms with E-state index in [1.807, 2.05) is 24.3 Å². The van der Waals surface area contributed by atoms with Gasteiger partial charge in [0.2, 0.25) is 5.91 Å². The van der Waals surface area contributed by atoms with Gasteiger partial charge in [0, 0.05) is 24.0 Å². The molecule has 0 bridgehead atoms. The molecule has 9 heteroatoms. The molecule has 0 aromatic heterocycles. The molecule has 4 rings (SSSR count). The Hall–Kier alpha value is -2.65. The number of carboxylic acid groups (broad SMARTS) is 1. The van der Waals surface area contributed by atoms with Crippen molar-refractivity contribution >= 4 is 41.5 Å². The van der Waals surface area contributed by atoms with E-state index in [-0.39, 0.29) is 24.2 Å². The SMILES string of the molecule is O=C(NCCSCC(=O)N1CSC[C@H]1C(=O)O)OCC1c2ccccc2-c2ccccc21. The van der Waals surface area contributed by atoms with Crippen LogP contribution in [0, 0.1) is 0 Å². The fraction of sp³-hybridized carbons (Fsp3) is 0.348. The number of benzene rings is 2. The maximum absolute atomic E-state index is 12.2. The maximum Gasteiger partial charge on any atom is 0.407 e. The molecule has 1 heterocycles. The van der Waals surface area contributed by atoms with Crippen LogP contribution in [0.1, 0.15) is 17.0 Å². The average molecular weight is 473 g/mol. The lowest BCUT2D eigenvalue weighted by Gasteiger charge is -2.20. The number of ether oxygens (including phenoxy) is 1. The third-order valence-electron chi connectivity index (χ3n) is 5.57. The third-order valence-corrected chi connectivity index (χ3v) is 7.53. The molecule has 2 amide bonds. The zero-order valence-electron chi connectivity index (χ0n) is 17.4. The number of amides is 2. The van der Waals surface area contributed by atoms with E-state index in [0.717, 1.165) is 11.1 Å². The van der Waals surface area contributed by atoms with E-state index < -0.39 is 18.1 Å². The van der Waals surface area contributed by atoms with Gasteiger partial charge in [0.05, 0.1) is 11.6 Å². The Morgan fingerprint density at radius 3 is 2.41 bits per heavy atom. The van der Waals surface area contributed by atoms with Crippen molar-refractivity contribution in [2.24, 2.45) is 0 Å². The van der Waals surface area contributed by atoms with E-state index in [4.69, 9.17) is 9.84 Å². The van der Waals surface area contributed by atoms with Crippen LogP contribution in [0.2, 0.25) is 0 Å². The lowest BCUT2D eigenvalue weighted by Crippen LogP contribution is -2.42. The number of hydrogen-bond donors (Lipinski definition) is 2. The number of carboxylic acids is 1. The van der Waals surface area contributed by atoms with Gasteiger partial charge in [0.25, 0.3) is 0 Å². The zero-order chi connectivity index (χ0) is 22.5. The van der Waals surface area contributed by atoms with Gasteiger partial charge < -0.3 is 20.1 Å². The quantitative estimate of drug-likeness (QED) is 0.570. The molecule has 1 saturated heterocycles. The standard InChI is InChI=1S/C23H24N2O5S2/c26-21(25-14-32-12-20(25)22(27)28)13-31-10-9-24-23(29)30-11-19-17-7-3-1-5-15(17)16-6-2-4-8-18(16)19/h1-8,19-20H,9-14H2,(H,24,29)(H,27,28)/t20-/m0/s1. The minimum absolute atomic E-state index is 0.0145. The van der Waals surface area contributed by atoms with Crippen molar-refractivity contribution in [3.8, 4) is 11.1 Å². The fourth-order valence-electron chi connectivity index (χ4n) is 4.01. The zero-order valence-corrected chi connectivity index (χ0v) is 19.0. The lowest BCUT2D eigenvalue weighted by atomic mass is 9.98. The van der Waals surface area contributed by atoms with Crippen LogP contribution in [0.5, 0.6) is 0 Å². The molecule has 1 atom stereocenters. The van der Waals surface area contributed by atoms with Crippen LogP contribution in [0.3, 0.4) is 0 Å². The van der Waals surface area contributed by atoms with Crippen LogP contribution in [0.15, 0.2) is 48.5 Å². The van der Waals surface area contributed by atoms with Gasteiger partial charge in [0.15, 0.2) is 0 Å². The van der Waals surface area contributed by atoms with Crippen LogP contribution in [0.4, 0.5) is 4.79 Å². The van der Waals surface area contributed by atoms with Crippen molar-refractivity contribution in [1.29, 1.82) is 0 Å². The summed E-state index contributed by atoms with van der Waals surface area (Å²) in [5, 5.41) is 11.9. The molecule has 1 aliphatic heterocycles. The van der Waals surface area contributed by atoms with Gasteiger partial charge >= 0.3 is 12.1 Å². The van der Waals surface area contributed by atoms with Gasteiger partial charge in [-0.1, -0.05) is 48.5 Å². The van der Waals surface area contributed by atoms with E-state index in [1.165, 1.54) is 39.6 Å². The van der Waals surface area contributed by atoms with Gasteiger partial charge in [-0.05, 0) is 22.3 Å². The normalized spacial score (nSPS) is 17.0. The molecular weight excluding hydrogens is 448 g/mol. The van der Waals surface area contributed by atoms with Gasteiger partial charge in [0.1, 0.15) is 12.6 Å². The van der Waals surface area contributed by atoms with E-state index in [1.54, 1.807) is 0 Å². The molecule has 0 unspecified atom stereocenters.